The number of halogens is 6. The van der Waals surface area contributed by atoms with Crippen LogP contribution in [0.15, 0.2) is 18.2 Å². The molecule has 24 heavy (non-hydrogen) atoms. The number of alkyl halides is 6. The molecule has 1 aromatic rings. The fourth-order valence-corrected chi connectivity index (χ4v) is 2.26. The molecule has 8 N–H and O–H groups in total. The third kappa shape index (κ3) is 7.06. The van der Waals surface area contributed by atoms with E-state index in [-0.39, 0.29) is 30.3 Å². The summed E-state index contributed by atoms with van der Waals surface area (Å²) in [4.78, 5) is 0. The predicted octanol–water partition coefficient (Wildman–Crippen LogP) is 0.809. The maximum absolute atomic E-state index is 12.8. The van der Waals surface area contributed by atoms with Crippen molar-refractivity contribution in [1.29, 1.82) is 0 Å². The molecule has 0 saturated carbocycles. The fourth-order valence-electron chi connectivity index (χ4n) is 2.26. The van der Waals surface area contributed by atoms with E-state index >= 15 is 0 Å². The van der Waals surface area contributed by atoms with Crippen molar-refractivity contribution >= 4 is 0 Å². The van der Waals surface area contributed by atoms with Crippen LogP contribution in [0, 0.1) is 0 Å². The molecule has 1 unspecified atom stereocenters. The number of benzene rings is 1. The van der Waals surface area contributed by atoms with E-state index in [1.54, 1.807) is 5.32 Å². The standard InChI is InChI=1S/C15H21F6N3/c1-9(22)2-3-13(23)8-24-7-10-4-11(14(16,17)18)6-12(5-10)15(19,20)21/h4-6,9,13,24H,2-3,7-8,22-23H2,1H3/p+3/t9?,13-/m0/s1. The highest BCUT2D eigenvalue weighted by atomic mass is 19.4. The molecule has 2 atom stereocenters. The van der Waals surface area contributed by atoms with Crippen molar-refractivity contribution in [2.24, 2.45) is 0 Å². The van der Waals surface area contributed by atoms with Crippen LogP contribution in [-0.2, 0) is 18.9 Å². The van der Waals surface area contributed by atoms with Crippen molar-refractivity contribution < 1.29 is 43.1 Å². The molecule has 9 heteroatoms. The molecule has 1 rings (SSSR count). The second-order valence-corrected chi connectivity index (χ2v) is 6.19. The quantitative estimate of drug-likeness (QED) is 0.603. The molecule has 0 amide bonds. The summed E-state index contributed by atoms with van der Waals surface area (Å²) in [5.74, 6) is 0. The van der Waals surface area contributed by atoms with E-state index in [4.69, 9.17) is 0 Å². The Morgan fingerprint density at radius 1 is 0.917 bits per heavy atom. The summed E-state index contributed by atoms with van der Waals surface area (Å²) >= 11 is 0. The van der Waals surface area contributed by atoms with E-state index in [0.717, 1.165) is 25.0 Å². The van der Waals surface area contributed by atoms with Crippen molar-refractivity contribution in [3.63, 3.8) is 0 Å². The van der Waals surface area contributed by atoms with Crippen molar-refractivity contribution in [3.05, 3.63) is 34.9 Å². The molecular formula is C15H24F6N3+3. The summed E-state index contributed by atoms with van der Waals surface area (Å²) in [5, 5.41) is 1.68. The first-order chi connectivity index (χ1) is 10.9. The summed E-state index contributed by atoms with van der Waals surface area (Å²) in [6, 6.07) is 2.03. The Kier molecular flexibility index (Phi) is 7.06. The average molecular weight is 360 g/mol. The lowest BCUT2D eigenvalue weighted by molar-refractivity contribution is -0.695. The Hall–Kier alpha value is -1.32. The van der Waals surface area contributed by atoms with Crippen LogP contribution in [0.1, 0.15) is 36.5 Å². The van der Waals surface area contributed by atoms with Gasteiger partial charge in [0.2, 0.25) is 0 Å². The summed E-state index contributed by atoms with van der Waals surface area (Å²) in [7, 11) is 0. The van der Waals surface area contributed by atoms with E-state index in [9.17, 15) is 26.3 Å². The number of rotatable bonds is 7. The molecule has 0 fully saturated rings. The second-order valence-electron chi connectivity index (χ2n) is 6.19. The first kappa shape index (κ1) is 20.7. The minimum atomic E-state index is -4.81. The Morgan fingerprint density at radius 3 is 1.83 bits per heavy atom. The summed E-state index contributed by atoms with van der Waals surface area (Å²) < 4.78 is 76.6. The van der Waals surface area contributed by atoms with Crippen LogP contribution in [-0.4, -0.2) is 18.6 Å². The topological polar surface area (TPSA) is 71.9 Å². The predicted molar refractivity (Wildman–Crippen MR) is 75.2 cm³/mol. The maximum atomic E-state index is 12.8. The van der Waals surface area contributed by atoms with Gasteiger partial charge in [-0.3, -0.25) is 0 Å². The molecule has 0 aliphatic carbocycles. The summed E-state index contributed by atoms with van der Waals surface area (Å²) in [6.45, 7) is 2.54. The van der Waals surface area contributed by atoms with Gasteiger partial charge in [0.25, 0.3) is 0 Å². The summed E-state index contributed by atoms with van der Waals surface area (Å²) in [6.07, 6.45) is -7.93. The van der Waals surface area contributed by atoms with Crippen LogP contribution in [0.4, 0.5) is 26.3 Å². The number of hydrogen-bond donors (Lipinski definition) is 3. The molecule has 0 spiro atoms. The van der Waals surface area contributed by atoms with Gasteiger partial charge in [-0.2, -0.15) is 26.3 Å². The van der Waals surface area contributed by atoms with Crippen molar-refractivity contribution in [1.82, 2.24) is 0 Å². The zero-order chi connectivity index (χ0) is 18.5. The van der Waals surface area contributed by atoms with E-state index in [2.05, 4.69) is 11.5 Å². The molecule has 1 aromatic carbocycles. The molecule has 0 radical (unpaired) electrons. The molecule has 138 valence electrons. The first-order valence-electron chi connectivity index (χ1n) is 7.65. The molecule has 0 aliphatic rings. The first-order valence-corrected chi connectivity index (χ1v) is 7.65. The van der Waals surface area contributed by atoms with Gasteiger partial charge in [0.05, 0.1) is 17.2 Å². The van der Waals surface area contributed by atoms with Crippen molar-refractivity contribution in [2.75, 3.05) is 6.54 Å². The largest absolute Gasteiger partial charge is 0.416 e. The van der Waals surface area contributed by atoms with Crippen LogP contribution >= 0.6 is 0 Å². The Balaban J connectivity index is 2.77. The zero-order valence-corrected chi connectivity index (χ0v) is 13.5. The highest BCUT2D eigenvalue weighted by Crippen LogP contribution is 2.36. The Labute approximate surface area is 136 Å². The lowest BCUT2D eigenvalue weighted by Crippen LogP contribution is -2.89. The molecule has 0 aromatic heterocycles. The Morgan fingerprint density at radius 2 is 1.42 bits per heavy atom. The number of nitrogens with two attached hydrogens (primary N) is 1. The lowest BCUT2D eigenvalue weighted by atomic mass is 10.0. The van der Waals surface area contributed by atoms with E-state index < -0.39 is 23.5 Å². The molecule has 0 saturated heterocycles. The average Bonchev–Trinajstić information content (AvgIpc) is 2.43. The third-order valence-electron chi connectivity index (χ3n) is 3.60. The zero-order valence-electron chi connectivity index (χ0n) is 13.5. The second kappa shape index (κ2) is 8.17. The van der Waals surface area contributed by atoms with Gasteiger partial charge in [0.1, 0.15) is 19.1 Å². The van der Waals surface area contributed by atoms with Crippen LogP contribution in [0.3, 0.4) is 0 Å². The van der Waals surface area contributed by atoms with Gasteiger partial charge in [0, 0.05) is 18.4 Å². The normalized spacial score (nSPS) is 15.4. The van der Waals surface area contributed by atoms with Gasteiger partial charge in [-0.05, 0) is 25.1 Å². The maximum Gasteiger partial charge on any atom is 0.416 e. The van der Waals surface area contributed by atoms with Crippen molar-refractivity contribution in [3.8, 4) is 0 Å². The van der Waals surface area contributed by atoms with Gasteiger partial charge in [0.15, 0.2) is 0 Å². The van der Waals surface area contributed by atoms with E-state index in [1.807, 2.05) is 6.92 Å². The van der Waals surface area contributed by atoms with Gasteiger partial charge < -0.3 is 16.8 Å². The van der Waals surface area contributed by atoms with Gasteiger partial charge in [-0.25, -0.2) is 0 Å². The van der Waals surface area contributed by atoms with Gasteiger partial charge in [-0.1, -0.05) is 0 Å². The van der Waals surface area contributed by atoms with Crippen LogP contribution < -0.4 is 16.8 Å². The highest BCUT2D eigenvalue weighted by Gasteiger charge is 2.37. The van der Waals surface area contributed by atoms with Crippen molar-refractivity contribution in [2.45, 2.75) is 50.7 Å². The molecule has 0 bridgehead atoms. The molecule has 0 aliphatic heterocycles. The molecule has 0 heterocycles. The third-order valence-corrected chi connectivity index (χ3v) is 3.60. The van der Waals surface area contributed by atoms with E-state index in [1.165, 1.54) is 0 Å². The minimum absolute atomic E-state index is 0.00474. The van der Waals surface area contributed by atoms with Gasteiger partial charge in [-0.15, -0.1) is 0 Å². The Bertz CT molecular complexity index is 493. The molecular weight excluding hydrogens is 336 g/mol. The smallest absolute Gasteiger partial charge is 0.355 e. The fraction of sp³-hybridized carbons (Fsp3) is 0.600. The van der Waals surface area contributed by atoms with Crippen LogP contribution in [0.5, 0.6) is 0 Å². The number of hydrogen-bond acceptors (Lipinski definition) is 0. The van der Waals surface area contributed by atoms with Crippen LogP contribution in [0.2, 0.25) is 0 Å². The summed E-state index contributed by atoms with van der Waals surface area (Å²) in [5.41, 5.74) is 5.22. The SMILES string of the molecule is CC([NH3+])CC[C@H]([NH3+])C[NH2+]Cc1cc(C(F)(F)F)cc(C(F)(F)F)c1. The molecule has 3 nitrogen and oxygen atoms in total. The van der Waals surface area contributed by atoms with E-state index in [0.29, 0.717) is 6.54 Å². The highest BCUT2D eigenvalue weighted by molar-refractivity contribution is 5.33. The van der Waals surface area contributed by atoms with Gasteiger partial charge >= 0.3 is 12.4 Å². The number of quaternary nitrogens is 3. The van der Waals surface area contributed by atoms with Crippen LogP contribution in [0.25, 0.3) is 0 Å². The lowest BCUT2D eigenvalue weighted by Gasteiger charge is -2.14. The minimum Gasteiger partial charge on any atom is -0.355 e. The monoisotopic (exact) mass is 360 g/mol.